The number of amides is 1. The molecule has 0 saturated heterocycles. The number of ether oxygens (including phenoxy) is 2. The van der Waals surface area contributed by atoms with Crippen molar-refractivity contribution in [3.05, 3.63) is 47.0 Å². The van der Waals surface area contributed by atoms with Crippen LogP contribution in [0, 0.1) is 6.92 Å². The second kappa shape index (κ2) is 8.70. The zero-order valence-corrected chi connectivity index (χ0v) is 17.9. The van der Waals surface area contributed by atoms with Gasteiger partial charge < -0.3 is 14.8 Å². The number of nitrogens with one attached hydrogen (secondary N) is 1. The Hall–Kier alpha value is -2.45. The van der Waals surface area contributed by atoms with Gasteiger partial charge in [-0.25, -0.2) is 8.42 Å². The normalized spacial score (nSPS) is 12.2. The highest BCUT2D eigenvalue weighted by atomic mass is 35.5. The Kier molecular flexibility index (Phi) is 6.79. The van der Waals surface area contributed by atoms with Gasteiger partial charge in [0.25, 0.3) is 0 Å². The van der Waals surface area contributed by atoms with Gasteiger partial charge in [-0.05, 0) is 49.7 Å². The van der Waals surface area contributed by atoms with Crippen LogP contribution in [0.1, 0.15) is 12.5 Å². The van der Waals surface area contributed by atoms with Crippen molar-refractivity contribution in [2.75, 3.05) is 30.1 Å². The predicted octanol–water partition coefficient (Wildman–Crippen LogP) is 3.46. The maximum Gasteiger partial charge on any atom is 0.248 e. The number of methoxy groups -OCH3 is 2. The van der Waals surface area contributed by atoms with Crippen LogP contribution in [0.2, 0.25) is 5.02 Å². The SMILES string of the molecule is COc1ccc(N([C@H](C)C(=O)Nc2cc(C)ccc2OC)S(C)(=O)=O)cc1Cl. The number of sulfonamides is 1. The van der Waals surface area contributed by atoms with Gasteiger partial charge in [0.05, 0.1) is 36.9 Å². The molecule has 0 aliphatic heterocycles. The zero-order valence-electron chi connectivity index (χ0n) is 16.3. The van der Waals surface area contributed by atoms with Gasteiger partial charge in [0.2, 0.25) is 15.9 Å². The molecule has 0 aliphatic carbocycles. The van der Waals surface area contributed by atoms with Crippen LogP contribution in [0.25, 0.3) is 0 Å². The first kappa shape index (κ1) is 21.8. The first-order valence-corrected chi connectivity index (χ1v) is 10.6. The van der Waals surface area contributed by atoms with E-state index in [9.17, 15) is 13.2 Å². The average Bonchev–Trinajstić information content (AvgIpc) is 2.61. The lowest BCUT2D eigenvalue weighted by molar-refractivity contribution is -0.116. The Bertz CT molecular complexity index is 978. The van der Waals surface area contributed by atoms with Crippen molar-refractivity contribution in [2.45, 2.75) is 19.9 Å². The Balaban J connectivity index is 2.38. The van der Waals surface area contributed by atoms with Gasteiger partial charge in [0, 0.05) is 0 Å². The van der Waals surface area contributed by atoms with Crippen LogP contribution in [0.15, 0.2) is 36.4 Å². The van der Waals surface area contributed by atoms with E-state index in [0.29, 0.717) is 17.2 Å². The molecule has 0 fully saturated rings. The van der Waals surface area contributed by atoms with E-state index in [1.54, 1.807) is 18.2 Å². The quantitative estimate of drug-likeness (QED) is 0.732. The molecular weight excluding hydrogens is 404 g/mol. The van der Waals surface area contributed by atoms with E-state index in [0.717, 1.165) is 16.1 Å². The summed E-state index contributed by atoms with van der Waals surface area (Å²) < 4.78 is 36.2. The number of hydrogen-bond acceptors (Lipinski definition) is 5. The summed E-state index contributed by atoms with van der Waals surface area (Å²) in [5.41, 5.74) is 1.64. The van der Waals surface area contributed by atoms with Gasteiger partial charge in [0.15, 0.2) is 0 Å². The van der Waals surface area contributed by atoms with Crippen LogP contribution >= 0.6 is 11.6 Å². The number of benzene rings is 2. The fourth-order valence-electron chi connectivity index (χ4n) is 2.76. The highest BCUT2D eigenvalue weighted by molar-refractivity contribution is 7.92. The maximum absolute atomic E-state index is 12.8. The van der Waals surface area contributed by atoms with E-state index >= 15 is 0 Å². The molecule has 9 heteroatoms. The fraction of sp³-hybridized carbons (Fsp3) is 0.316. The van der Waals surface area contributed by atoms with Gasteiger partial charge in [-0.2, -0.15) is 0 Å². The Morgan fingerprint density at radius 3 is 2.25 bits per heavy atom. The third-order valence-electron chi connectivity index (χ3n) is 4.09. The number of rotatable bonds is 7. The Labute approximate surface area is 170 Å². The predicted molar refractivity (Wildman–Crippen MR) is 111 cm³/mol. The molecule has 0 spiro atoms. The monoisotopic (exact) mass is 426 g/mol. The van der Waals surface area contributed by atoms with E-state index in [-0.39, 0.29) is 10.7 Å². The molecule has 0 saturated carbocycles. The van der Waals surface area contributed by atoms with Crippen molar-refractivity contribution in [2.24, 2.45) is 0 Å². The van der Waals surface area contributed by atoms with Gasteiger partial charge in [0.1, 0.15) is 17.5 Å². The number of hydrogen-bond donors (Lipinski definition) is 1. The van der Waals surface area contributed by atoms with E-state index in [1.165, 1.54) is 33.3 Å². The van der Waals surface area contributed by atoms with Crippen molar-refractivity contribution in [3.8, 4) is 11.5 Å². The summed E-state index contributed by atoms with van der Waals surface area (Å²) in [5.74, 6) is 0.367. The van der Waals surface area contributed by atoms with E-state index < -0.39 is 22.0 Å². The van der Waals surface area contributed by atoms with Gasteiger partial charge >= 0.3 is 0 Å². The van der Waals surface area contributed by atoms with Crippen molar-refractivity contribution in [1.82, 2.24) is 0 Å². The number of aryl methyl sites for hydroxylation is 1. The fourth-order valence-corrected chi connectivity index (χ4v) is 4.18. The molecule has 0 aromatic heterocycles. The molecule has 0 aliphatic rings. The van der Waals surface area contributed by atoms with Crippen LogP contribution in [0.5, 0.6) is 11.5 Å². The van der Waals surface area contributed by atoms with Gasteiger partial charge in [-0.3, -0.25) is 9.10 Å². The number of anilines is 2. The topological polar surface area (TPSA) is 84.9 Å². The maximum atomic E-state index is 12.8. The third-order valence-corrected chi connectivity index (χ3v) is 5.63. The molecule has 0 radical (unpaired) electrons. The second-order valence-corrected chi connectivity index (χ2v) is 8.51. The van der Waals surface area contributed by atoms with Crippen molar-refractivity contribution < 1.29 is 22.7 Å². The molecule has 1 atom stereocenters. The molecule has 7 nitrogen and oxygen atoms in total. The molecule has 1 amide bonds. The summed E-state index contributed by atoms with van der Waals surface area (Å²) in [6, 6.07) is 8.81. The van der Waals surface area contributed by atoms with E-state index in [2.05, 4.69) is 5.32 Å². The van der Waals surface area contributed by atoms with Crippen LogP contribution < -0.4 is 19.1 Å². The molecule has 152 valence electrons. The lowest BCUT2D eigenvalue weighted by Crippen LogP contribution is -2.45. The Morgan fingerprint density at radius 1 is 1.11 bits per heavy atom. The summed E-state index contributed by atoms with van der Waals surface area (Å²) in [5, 5.41) is 2.97. The average molecular weight is 427 g/mol. The number of carbonyl (C=O) groups is 1. The molecule has 0 heterocycles. The highest BCUT2D eigenvalue weighted by Gasteiger charge is 2.30. The second-order valence-electron chi connectivity index (χ2n) is 6.25. The molecule has 2 aromatic rings. The molecule has 2 rings (SSSR count). The van der Waals surface area contributed by atoms with Crippen molar-refractivity contribution in [1.29, 1.82) is 0 Å². The third kappa shape index (κ3) is 4.88. The van der Waals surface area contributed by atoms with Crippen molar-refractivity contribution >= 4 is 38.9 Å². The highest BCUT2D eigenvalue weighted by Crippen LogP contribution is 2.32. The summed E-state index contributed by atoms with van der Waals surface area (Å²) in [6.45, 7) is 3.37. The number of carbonyl (C=O) groups excluding carboxylic acids is 1. The minimum Gasteiger partial charge on any atom is -0.495 e. The number of halogens is 1. The molecule has 0 bridgehead atoms. The Morgan fingerprint density at radius 2 is 1.71 bits per heavy atom. The van der Waals surface area contributed by atoms with Crippen LogP contribution in [-0.4, -0.2) is 40.8 Å². The summed E-state index contributed by atoms with van der Waals surface area (Å²) in [7, 11) is -0.822. The molecule has 28 heavy (non-hydrogen) atoms. The van der Waals surface area contributed by atoms with Crippen LogP contribution in [-0.2, 0) is 14.8 Å². The molecule has 0 unspecified atom stereocenters. The van der Waals surface area contributed by atoms with Gasteiger partial charge in [-0.15, -0.1) is 0 Å². The lowest BCUT2D eigenvalue weighted by atomic mass is 10.2. The molecule has 2 aromatic carbocycles. The smallest absolute Gasteiger partial charge is 0.248 e. The summed E-state index contributed by atoms with van der Waals surface area (Å²) in [6.07, 6.45) is 1.03. The molecule has 1 N–H and O–H groups in total. The van der Waals surface area contributed by atoms with Crippen molar-refractivity contribution in [3.63, 3.8) is 0 Å². The van der Waals surface area contributed by atoms with Crippen LogP contribution in [0.3, 0.4) is 0 Å². The van der Waals surface area contributed by atoms with E-state index in [1.807, 2.05) is 13.0 Å². The number of nitrogens with zero attached hydrogens (tertiary/aromatic N) is 1. The standard InChI is InChI=1S/C19H23ClN2O5S/c1-12-6-8-18(27-4)16(10-12)21-19(23)13(2)22(28(5,24)25)14-7-9-17(26-3)15(20)11-14/h6-11,13H,1-5H3,(H,21,23)/t13-/m1/s1. The lowest BCUT2D eigenvalue weighted by Gasteiger charge is -2.28. The molecular formula is C19H23ClN2O5S. The zero-order chi connectivity index (χ0) is 21.1. The summed E-state index contributed by atoms with van der Waals surface area (Å²) >= 11 is 6.13. The van der Waals surface area contributed by atoms with Crippen LogP contribution in [0.4, 0.5) is 11.4 Å². The first-order chi connectivity index (χ1) is 13.1. The summed E-state index contributed by atoms with van der Waals surface area (Å²) in [4.78, 5) is 12.8. The van der Waals surface area contributed by atoms with E-state index in [4.69, 9.17) is 21.1 Å². The minimum atomic E-state index is -3.77. The largest absolute Gasteiger partial charge is 0.495 e. The van der Waals surface area contributed by atoms with Gasteiger partial charge in [-0.1, -0.05) is 17.7 Å². The first-order valence-electron chi connectivity index (χ1n) is 8.37. The minimum absolute atomic E-state index is 0.238.